The van der Waals surface area contributed by atoms with Crippen LogP contribution in [0.25, 0.3) is 0 Å². The van der Waals surface area contributed by atoms with Gasteiger partial charge in [-0.1, -0.05) is 93.3 Å². The van der Waals surface area contributed by atoms with Crippen molar-refractivity contribution in [3.63, 3.8) is 0 Å². The number of hydrogen-bond donors (Lipinski definition) is 2. The van der Waals surface area contributed by atoms with E-state index in [1.807, 2.05) is 60.7 Å². The predicted molar refractivity (Wildman–Crippen MR) is 139 cm³/mol. The minimum absolute atomic E-state index is 0.00571. The molecule has 34 heavy (non-hydrogen) atoms. The van der Waals surface area contributed by atoms with Gasteiger partial charge >= 0.3 is 0 Å². The first-order chi connectivity index (χ1) is 16.7. The summed E-state index contributed by atoms with van der Waals surface area (Å²) in [5.41, 5.74) is 5.97. The maximum atomic E-state index is 12.5. The van der Waals surface area contributed by atoms with Gasteiger partial charge in [0.25, 0.3) is 5.91 Å². The Morgan fingerprint density at radius 2 is 1.38 bits per heavy atom. The molecule has 5 nitrogen and oxygen atoms in total. The number of nitrogens with one attached hydrogen (secondary N) is 2. The van der Waals surface area contributed by atoms with Gasteiger partial charge in [0.1, 0.15) is 0 Å². The van der Waals surface area contributed by atoms with Crippen molar-refractivity contribution in [1.29, 1.82) is 0 Å². The summed E-state index contributed by atoms with van der Waals surface area (Å²) in [7, 11) is 0. The van der Waals surface area contributed by atoms with Crippen LogP contribution in [-0.4, -0.2) is 18.0 Å². The van der Waals surface area contributed by atoms with E-state index in [2.05, 4.69) is 22.8 Å². The summed E-state index contributed by atoms with van der Waals surface area (Å²) in [4.78, 5) is 24.6. The molecule has 2 N–H and O–H groups in total. The SMILES string of the molecule is CCCCCCCC(=O)Nc1ccc(C(=O)NN=CC(c2ccccc2)c2ccccc2)cc1. The van der Waals surface area contributed by atoms with Crippen LogP contribution in [-0.2, 0) is 4.79 Å². The van der Waals surface area contributed by atoms with E-state index in [9.17, 15) is 9.59 Å². The lowest BCUT2D eigenvalue weighted by Crippen LogP contribution is -2.18. The summed E-state index contributed by atoms with van der Waals surface area (Å²) in [6.07, 6.45) is 7.83. The summed E-state index contributed by atoms with van der Waals surface area (Å²) in [6, 6.07) is 27.0. The molecule has 0 heterocycles. The third-order valence-electron chi connectivity index (χ3n) is 5.65. The summed E-state index contributed by atoms with van der Waals surface area (Å²) in [6.45, 7) is 2.18. The molecule has 0 aromatic heterocycles. The van der Waals surface area contributed by atoms with E-state index in [1.54, 1.807) is 30.5 Å². The van der Waals surface area contributed by atoms with E-state index in [0.29, 0.717) is 17.7 Å². The fraction of sp³-hybridized carbons (Fsp3) is 0.276. The quantitative estimate of drug-likeness (QED) is 0.185. The van der Waals surface area contributed by atoms with Crippen LogP contribution in [0.5, 0.6) is 0 Å². The number of carbonyl (C=O) groups excluding carboxylic acids is 2. The molecule has 0 fully saturated rings. The molecular weight excluding hydrogens is 422 g/mol. The zero-order chi connectivity index (χ0) is 24.0. The lowest BCUT2D eigenvalue weighted by Gasteiger charge is -2.13. The van der Waals surface area contributed by atoms with E-state index < -0.39 is 0 Å². The van der Waals surface area contributed by atoms with Crippen LogP contribution in [0.3, 0.4) is 0 Å². The van der Waals surface area contributed by atoms with Crippen molar-refractivity contribution < 1.29 is 9.59 Å². The molecule has 3 aromatic rings. The van der Waals surface area contributed by atoms with Crippen molar-refractivity contribution >= 4 is 23.7 Å². The van der Waals surface area contributed by atoms with Crippen molar-refractivity contribution in [2.24, 2.45) is 5.10 Å². The first kappa shape index (κ1) is 24.9. The highest BCUT2D eigenvalue weighted by molar-refractivity contribution is 5.96. The summed E-state index contributed by atoms with van der Waals surface area (Å²) in [5.74, 6) is -0.363. The Labute approximate surface area is 202 Å². The molecule has 0 spiro atoms. The minimum Gasteiger partial charge on any atom is -0.326 e. The molecule has 176 valence electrons. The number of hydrazone groups is 1. The fourth-order valence-corrected chi connectivity index (χ4v) is 3.74. The van der Waals surface area contributed by atoms with Crippen LogP contribution in [0, 0.1) is 0 Å². The third kappa shape index (κ3) is 8.00. The van der Waals surface area contributed by atoms with Gasteiger partial charge in [-0.25, -0.2) is 5.43 Å². The largest absolute Gasteiger partial charge is 0.326 e. The van der Waals surface area contributed by atoms with Crippen molar-refractivity contribution in [3.05, 3.63) is 102 Å². The molecule has 0 radical (unpaired) electrons. The molecule has 0 aliphatic heterocycles. The maximum absolute atomic E-state index is 12.5. The van der Waals surface area contributed by atoms with Crippen molar-refractivity contribution in [1.82, 2.24) is 5.43 Å². The van der Waals surface area contributed by atoms with E-state index in [4.69, 9.17) is 0 Å². The number of carbonyl (C=O) groups is 2. The second kappa shape index (κ2) is 13.7. The van der Waals surface area contributed by atoms with Gasteiger partial charge in [0.05, 0.1) is 0 Å². The Hall–Kier alpha value is -3.73. The normalized spacial score (nSPS) is 11.0. The second-order valence-corrected chi connectivity index (χ2v) is 8.31. The van der Waals surface area contributed by atoms with Gasteiger partial charge in [-0.15, -0.1) is 0 Å². The van der Waals surface area contributed by atoms with Crippen LogP contribution in [0.4, 0.5) is 5.69 Å². The van der Waals surface area contributed by atoms with Crippen molar-refractivity contribution in [2.45, 2.75) is 51.4 Å². The van der Waals surface area contributed by atoms with Gasteiger partial charge < -0.3 is 5.32 Å². The van der Waals surface area contributed by atoms with Gasteiger partial charge in [0, 0.05) is 29.8 Å². The highest BCUT2D eigenvalue weighted by atomic mass is 16.2. The highest BCUT2D eigenvalue weighted by Gasteiger charge is 2.12. The van der Waals surface area contributed by atoms with Gasteiger partial charge in [0.2, 0.25) is 5.91 Å². The Kier molecular flexibility index (Phi) is 10.1. The molecule has 0 aliphatic carbocycles. The Morgan fingerprint density at radius 3 is 1.97 bits per heavy atom. The molecular formula is C29H33N3O2. The fourth-order valence-electron chi connectivity index (χ4n) is 3.74. The average molecular weight is 456 g/mol. The monoisotopic (exact) mass is 455 g/mol. The van der Waals surface area contributed by atoms with Crippen LogP contribution >= 0.6 is 0 Å². The molecule has 3 aromatic carbocycles. The number of anilines is 1. The van der Waals surface area contributed by atoms with E-state index in [0.717, 1.165) is 24.0 Å². The van der Waals surface area contributed by atoms with Crippen molar-refractivity contribution in [3.8, 4) is 0 Å². The molecule has 3 rings (SSSR count). The van der Waals surface area contributed by atoms with E-state index in [1.165, 1.54) is 19.3 Å². The lowest BCUT2D eigenvalue weighted by molar-refractivity contribution is -0.116. The summed E-state index contributed by atoms with van der Waals surface area (Å²) < 4.78 is 0. The van der Waals surface area contributed by atoms with Gasteiger partial charge in [-0.05, 0) is 41.8 Å². The molecule has 2 amide bonds. The topological polar surface area (TPSA) is 70.6 Å². The molecule has 0 atom stereocenters. The first-order valence-electron chi connectivity index (χ1n) is 12.0. The Bertz CT molecular complexity index is 1010. The first-order valence-corrected chi connectivity index (χ1v) is 12.0. The standard InChI is InChI=1S/C29H33N3O2/c1-2-3-4-5-12-17-28(33)31-26-20-18-25(19-21-26)29(34)32-30-22-27(23-13-8-6-9-14-23)24-15-10-7-11-16-24/h6-11,13-16,18-22,27H,2-5,12,17H2,1H3,(H,31,33)(H,32,34). The number of benzene rings is 3. The van der Waals surface area contributed by atoms with Crippen LogP contribution in [0.15, 0.2) is 90.0 Å². The zero-order valence-corrected chi connectivity index (χ0v) is 19.7. The number of rotatable bonds is 12. The van der Waals surface area contributed by atoms with Crippen molar-refractivity contribution in [2.75, 3.05) is 5.32 Å². The molecule has 0 saturated heterocycles. The number of hydrogen-bond acceptors (Lipinski definition) is 3. The van der Waals surface area contributed by atoms with Gasteiger partial charge in [0.15, 0.2) is 0 Å². The number of unbranched alkanes of at least 4 members (excludes halogenated alkanes) is 4. The highest BCUT2D eigenvalue weighted by Crippen LogP contribution is 2.22. The maximum Gasteiger partial charge on any atom is 0.271 e. The molecule has 5 heteroatoms. The molecule has 0 bridgehead atoms. The predicted octanol–water partition coefficient (Wildman–Crippen LogP) is 6.53. The summed E-state index contributed by atoms with van der Waals surface area (Å²) in [5, 5.41) is 7.13. The van der Waals surface area contributed by atoms with E-state index in [-0.39, 0.29) is 17.7 Å². The lowest BCUT2D eigenvalue weighted by atomic mass is 9.92. The van der Waals surface area contributed by atoms with Gasteiger partial charge in [-0.2, -0.15) is 5.10 Å². The number of nitrogens with zero attached hydrogens (tertiary/aromatic N) is 1. The third-order valence-corrected chi connectivity index (χ3v) is 5.65. The Balaban J connectivity index is 1.54. The molecule has 0 unspecified atom stereocenters. The average Bonchev–Trinajstić information content (AvgIpc) is 2.88. The van der Waals surface area contributed by atoms with Crippen LogP contribution in [0.2, 0.25) is 0 Å². The Morgan fingerprint density at radius 1 is 0.794 bits per heavy atom. The molecule has 0 saturated carbocycles. The summed E-state index contributed by atoms with van der Waals surface area (Å²) >= 11 is 0. The van der Waals surface area contributed by atoms with E-state index >= 15 is 0 Å². The zero-order valence-electron chi connectivity index (χ0n) is 19.7. The molecule has 0 aliphatic rings. The second-order valence-electron chi connectivity index (χ2n) is 8.31. The minimum atomic E-state index is -0.301. The van der Waals surface area contributed by atoms with Crippen LogP contribution in [0.1, 0.15) is 72.9 Å². The van der Waals surface area contributed by atoms with Gasteiger partial charge in [-0.3, -0.25) is 9.59 Å². The number of amides is 2. The smallest absolute Gasteiger partial charge is 0.271 e. The van der Waals surface area contributed by atoms with Crippen LogP contribution < -0.4 is 10.7 Å².